The van der Waals surface area contributed by atoms with Gasteiger partial charge in [0, 0.05) is 27.8 Å². The minimum Gasteiger partial charge on any atom is -0.507 e. The summed E-state index contributed by atoms with van der Waals surface area (Å²) in [6.45, 7) is 5.09. The minimum absolute atomic E-state index is 0.179. The van der Waals surface area contributed by atoms with Crippen LogP contribution in [0.25, 0.3) is 67.5 Å². The molecule has 0 saturated heterocycles. The Labute approximate surface area is 306 Å². The number of unbranched alkanes of at least 4 members (excludes halogenated alkanes) is 1. The van der Waals surface area contributed by atoms with E-state index in [1.54, 1.807) is 6.07 Å². The number of aromatic nitrogens is 3. The number of hydrogen-bond donors (Lipinski definition) is 1. The van der Waals surface area contributed by atoms with Gasteiger partial charge in [-0.15, -0.1) is 0 Å². The Morgan fingerprint density at radius 1 is 0.500 bits per heavy atom. The Morgan fingerprint density at radius 2 is 1.00 bits per heavy atom. The molecule has 7 rings (SSSR count). The van der Waals surface area contributed by atoms with E-state index in [1.165, 1.54) is 12.8 Å². The van der Waals surface area contributed by atoms with Gasteiger partial charge in [0.15, 0.2) is 17.5 Å². The fourth-order valence-corrected chi connectivity index (χ4v) is 6.48. The second kappa shape index (κ2) is 16.3. The molecule has 0 radical (unpaired) electrons. The summed E-state index contributed by atoms with van der Waals surface area (Å²) in [4.78, 5) is 15.2. The van der Waals surface area contributed by atoms with Gasteiger partial charge in [-0.1, -0.05) is 161 Å². The molecule has 0 saturated carbocycles. The summed E-state index contributed by atoms with van der Waals surface area (Å²) in [5.74, 6) is 3.06. The molecule has 1 atom stereocenters. The number of rotatable bonds is 13. The molecule has 1 heterocycles. The van der Waals surface area contributed by atoms with Crippen LogP contribution in [0.1, 0.15) is 39.5 Å². The Morgan fingerprint density at radius 3 is 1.54 bits per heavy atom. The van der Waals surface area contributed by atoms with Gasteiger partial charge in [0.05, 0.1) is 6.61 Å². The number of ether oxygens (including phenoxy) is 1. The maximum Gasteiger partial charge on any atom is 0.164 e. The Balaban J connectivity index is 1.33. The van der Waals surface area contributed by atoms with Crippen LogP contribution in [0.4, 0.5) is 0 Å². The van der Waals surface area contributed by atoms with E-state index in [1.807, 2.05) is 72.8 Å². The average molecular weight is 682 g/mol. The molecule has 0 amide bonds. The van der Waals surface area contributed by atoms with Crippen LogP contribution in [-0.2, 0) is 0 Å². The molecule has 0 spiro atoms. The van der Waals surface area contributed by atoms with Gasteiger partial charge in [0.2, 0.25) is 0 Å². The van der Waals surface area contributed by atoms with Crippen LogP contribution in [-0.4, -0.2) is 26.7 Å². The van der Waals surface area contributed by atoms with Gasteiger partial charge in [-0.05, 0) is 58.9 Å². The summed E-state index contributed by atoms with van der Waals surface area (Å²) in [6.07, 6.45) is 4.58. The predicted octanol–water partition coefficient (Wildman–Crippen LogP) is 12.2. The average Bonchev–Trinajstić information content (AvgIpc) is 3.21. The smallest absolute Gasteiger partial charge is 0.164 e. The van der Waals surface area contributed by atoms with E-state index in [-0.39, 0.29) is 5.75 Å². The zero-order valence-corrected chi connectivity index (χ0v) is 29.7. The summed E-state index contributed by atoms with van der Waals surface area (Å²) >= 11 is 0. The third kappa shape index (κ3) is 7.95. The zero-order chi connectivity index (χ0) is 35.7. The van der Waals surface area contributed by atoms with Crippen molar-refractivity contribution in [2.24, 2.45) is 5.92 Å². The fraction of sp³-hybridized carbons (Fsp3) is 0.170. The maximum absolute atomic E-state index is 11.1. The molecular weight excluding hydrogens is 639 g/mol. The maximum atomic E-state index is 11.1. The summed E-state index contributed by atoms with van der Waals surface area (Å²) in [5, 5.41) is 11.1. The molecule has 1 aromatic heterocycles. The van der Waals surface area contributed by atoms with E-state index in [0.717, 1.165) is 63.1 Å². The molecule has 0 bridgehead atoms. The molecule has 7 aromatic rings. The molecule has 0 aliphatic heterocycles. The van der Waals surface area contributed by atoms with E-state index in [2.05, 4.69) is 86.6 Å². The lowest BCUT2D eigenvalue weighted by Gasteiger charge is -2.18. The fourth-order valence-electron chi connectivity index (χ4n) is 6.48. The van der Waals surface area contributed by atoms with Gasteiger partial charge in [0.1, 0.15) is 11.5 Å². The van der Waals surface area contributed by atoms with Gasteiger partial charge in [-0.2, -0.15) is 0 Å². The Hall–Kier alpha value is -6.07. The minimum atomic E-state index is 0.179. The molecule has 52 heavy (non-hydrogen) atoms. The lowest BCUT2D eigenvalue weighted by atomic mass is 9.97. The van der Waals surface area contributed by atoms with E-state index in [9.17, 15) is 5.11 Å². The van der Waals surface area contributed by atoms with E-state index in [4.69, 9.17) is 19.7 Å². The summed E-state index contributed by atoms with van der Waals surface area (Å²) < 4.78 is 6.40. The van der Waals surface area contributed by atoms with Crippen molar-refractivity contribution in [2.45, 2.75) is 39.5 Å². The van der Waals surface area contributed by atoms with E-state index >= 15 is 0 Å². The van der Waals surface area contributed by atoms with E-state index in [0.29, 0.717) is 35.6 Å². The summed E-state index contributed by atoms with van der Waals surface area (Å²) in [6, 6.07) is 50.7. The first-order valence-electron chi connectivity index (χ1n) is 18.2. The van der Waals surface area contributed by atoms with Crippen LogP contribution >= 0.6 is 0 Å². The van der Waals surface area contributed by atoms with Crippen molar-refractivity contribution in [3.8, 4) is 79.0 Å². The Kier molecular flexibility index (Phi) is 10.8. The topological polar surface area (TPSA) is 68.1 Å². The number of aromatic hydroxyl groups is 1. The van der Waals surface area contributed by atoms with Crippen molar-refractivity contribution >= 4 is 0 Å². The van der Waals surface area contributed by atoms with Crippen LogP contribution in [0.5, 0.6) is 11.5 Å². The van der Waals surface area contributed by atoms with Crippen molar-refractivity contribution < 1.29 is 9.84 Å². The van der Waals surface area contributed by atoms with E-state index < -0.39 is 0 Å². The van der Waals surface area contributed by atoms with Crippen molar-refractivity contribution in [3.63, 3.8) is 0 Å². The molecule has 0 fully saturated rings. The summed E-state index contributed by atoms with van der Waals surface area (Å²) in [5.41, 5.74) is 8.55. The Bertz CT molecular complexity index is 2120. The lowest BCUT2D eigenvalue weighted by molar-refractivity contribution is 0.233. The third-order valence-electron chi connectivity index (χ3n) is 9.59. The van der Waals surface area contributed by atoms with Crippen LogP contribution < -0.4 is 4.74 Å². The van der Waals surface area contributed by atoms with Crippen molar-refractivity contribution in [3.05, 3.63) is 152 Å². The molecule has 6 aromatic carbocycles. The first-order chi connectivity index (χ1) is 25.6. The molecule has 5 nitrogen and oxygen atoms in total. The molecule has 0 aliphatic carbocycles. The molecule has 258 valence electrons. The van der Waals surface area contributed by atoms with Gasteiger partial charge in [0.25, 0.3) is 0 Å². The summed E-state index contributed by atoms with van der Waals surface area (Å²) in [7, 11) is 0. The first kappa shape index (κ1) is 34.4. The van der Waals surface area contributed by atoms with Crippen molar-refractivity contribution in [1.29, 1.82) is 0 Å². The monoisotopic (exact) mass is 681 g/mol. The van der Waals surface area contributed by atoms with Crippen LogP contribution in [0.3, 0.4) is 0 Å². The molecule has 1 N–H and O–H groups in total. The standard InChI is InChI=1S/C47H43N3O2/c1-3-5-14-33(4-2)32-52-40-29-30-42(43(31-40)41-19-12-13-20-44(41)51)47-49-45(38-25-21-36(22-26-38)34-15-8-6-9-16-34)48-46(50-47)39-27-23-37(24-28-39)35-17-10-7-11-18-35/h6-13,15-31,33,51H,3-5,14,32H2,1-2H3. The van der Waals surface area contributed by atoms with Gasteiger partial charge in [-0.25, -0.2) is 15.0 Å². The quantitative estimate of drug-likeness (QED) is 0.131. The number of phenols is 1. The number of para-hydroxylation sites is 1. The zero-order valence-electron chi connectivity index (χ0n) is 29.7. The number of benzene rings is 6. The molecule has 0 aliphatic rings. The van der Waals surface area contributed by atoms with Crippen molar-refractivity contribution in [2.75, 3.05) is 6.61 Å². The molecular formula is C47H43N3O2. The van der Waals surface area contributed by atoms with Crippen LogP contribution in [0, 0.1) is 5.92 Å². The highest BCUT2D eigenvalue weighted by atomic mass is 16.5. The van der Waals surface area contributed by atoms with Crippen molar-refractivity contribution in [1.82, 2.24) is 15.0 Å². The molecule has 5 heteroatoms. The van der Waals surface area contributed by atoms with Gasteiger partial charge >= 0.3 is 0 Å². The second-order valence-corrected chi connectivity index (χ2v) is 13.1. The number of hydrogen-bond acceptors (Lipinski definition) is 5. The number of phenolic OH excluding ortho intramolecular Hbond substituents is 1. The lowest BCUT2D eigenvalue weighted by Crippen LogP contribution is -2.11. The third-order valence-corrected chi connectivity index (χ3v) is 9.59. The van der Waals surface area contributed by atoms with Crippen LogP contribution in [0.15, 0.2) is 152 Å². The SMILES string of the molecule is CCCCC(CC)COc1ccc(-c2nc(-c3ccc(-c4ccccc4)cc3)nc(-c3ccc(-c4ccccc4)cc3)n2)c(-c2ccccc2O)c1. The second-order valence-electron chi connectivity index (χ2n) is 13.1. The normalized spacial score (nSPS) is 11.7. The number of nitrogens with zero attached hydrogens (tertiary/aromatic N) is 3. The largest absolute Gasteiger partial charge is 0.507 e. The molecule has 1 unspecified atom stereocenters. The highest BCUT2D eigenvalue weighted by Gasteiger charge is 2.19. The highest BCUT2D eigenvalue weighted by Crippen LogP contribution is 2.39. The first-order valence-corrected chi connectivity index (χ1v) is 18.2. The highest BCUT2D eigenvalue weighted by molar-refractivity contribution is 5.85. The van der Waals surface area contributed by atoms with Gasteiger partial charge < -0.3 is 9.84 Å². The predicted molar refractivity (Wildman–Crippen MR) is 213 cm³/mol. The van der Waals surface area contributed by atoms with Crippen LogP contribution in [0.2, 0.25) is 0 Å². The van der Waals surface area contributed by atoms with Gasteiger partial charge in [-0.3, -0.25) is 0 Å².